The van der Waals surface area contributed by atoms with Crippen molar-refractivity contribution in [2.24, 2.45) is 5.41 Å². The topological polar surface area (TPSA) is 46.5 Å². The van der Waals surface area contributed by atoms with E-state index in [1.165, 1.54) is 13.2 Å². The first kappa shape index (κ1) is 12.6. The average Bonchev–Trinajstić information content (AvgIpc) is 2.82. The number of ether oxygens (including phenoxy) is 1. The van der Waals surface area contributed by atoms with Crippen LogP contribution in [0.4, 0.5) is 4.39 Å². The van der Waals surface area contributed by atoms with E-state index in [9.17, 15) is 14.3 Å². The van der Waals surface area contributed by atoms with Gasteiger partial charge in [0.15, 0.2) is 0 Å². The smallest absolute Gasteiger partial charge is 0.319 e. The van der Waals surface area contributed by atoms with Crippen molar-refractivity contribution in [3.63, 3.8) is 0 Å². The third-order valence-corrected chi connectivity index (χ3v) is 5.14. The van der Waals surface area contributed by atoms with Crippen LogP contribution in [0.5, 0.6) is 0 Å². The molecule has 2 aliphatic rings. The standard InChI is InChI=1S/C15H17FO3/c1-9-10(5-4-6-11(9)16)14(12(17)19-3)7-13(2)8-15(13,14)18/h4-6,18H,7-8H2,1-3H3/t13-,14?,15?/m0/s1. The second kappa shape index (κ2) is 3.37. The van der Waals surface area contributed by atoms with E-state index < -0.39 is 17.0 Å². The third kappa shape index (κ3) is 1.18. The SMILES string of the molecule is COC(=O)C1(c2cccc(F)c2C)C[C@@]2(C)CC12O. The summed E-state index contributed by atoms with van der Waals surface area (Å²) in [6.45, 7) is 3.58. The van der Waals surface area contributed by atoms with Gasteiger partial charge in [0.2, 0.25) is 0 Å². The van der Waals surface area contributed by atoms with Crippen LogP contribution in [0.1, 0.15) is 30.9 Å². The summed E-state index contributed by atoms with van der Waals surface area (Å²) in [7, 11) is 1.31. The first-order valence-corrected chi connectivity index (χ1v) is 6.39. The zero-order chi connectivity index (χ0) is 14.1. The maximum atomic E-state index is 13.8. The Bertz CT molecular complexity index is 585. The van der Waals surface area contributed by atoms with Crippen molar-refractivity contribution in [3.8, 4) is 0 Å². The fourth-order valence-electron chi connectivity index (χ4n) is 3.93. The van der Waals surface area contributed by atoms with E-state index in [0.29, 0.717) is 24.0 Å². The molecule has 0 aromatic heterocycles. The highest BCUT2D eigenvalue weighted by atomic mass is 19.1. The minimum Gasteiger partial charge on any atom is -0.468 e. The molecular formula is C15H17FO3. The third-order valence-electron chi connectivity index (χ3n) is 5.14. The Labute approximate surface area is 111 Å². The Morgan fingerprint density at radius 3 is 2.58 bits per heavy atom. The highest BCUT2D eigenvalue weighted by Gasteiger charge is 2.87. The summed E-state index contributed by atoms with van der Waals surface area (Å²) in [6.07, 6.45) is 1.07. The molecule has 3 atom stereocenters. The van der Waals surface area contributed by atoms with Gasteiger partial charge in [-0.15, -0.1) is 0 Å². The van der Waals surface area contributed by atoms with Crippen molar-refractivity contribution in [1.29, 1.82) is 0 Å². The molecule has 0 saturated heterocycles. The molecule has 0 radical (unpaired) electrons. The monoisotopic (exact) mass is 264 g/mol. The molecule has 4 heteroatoms. The van der Waals surface area contributed by atoms with Crippen molar-refractivity contribution >= 4 is 5.97 Å². The molecule has 1 N–H and O–H groups in total. The summed E-state index contributed by atoms with van der Waals surface area (Å²) in [5.74, 6) is -0.836. The number of halogens is 1. The van der Waals surface area contributed by atoms with Crippen LogP contribution in [0.15, 0.2) is 18.2 Å². The molecule has 0 heterocycles. The lowest BCUT2D eigenvalue weighted by atomic mass is 9.56. The Hall–Kier alpha value is -1.42. The molecule has 0 aliphatic heterocycles. The lowest BCUT2D eigenvalue weighted by Gasteiger charge is -2.49. The van der Waals surface area contributed by atoms with Gasteiger partial charge in [-0.2, -0.15) is 0 Å². The molecule has 102 valence electrons. The number of methoxy groups -OCH3 is 1. The number of hydrogen-bond donors (Lipinski definition) is 1. The maximum Gasteiger partial charge on any atom is 0.319 e. The lowest BCUT2D eigenvalue weighted by molar-refractivity contribution is -0.168. The molecule has 2 saturated carbocycles. The molecule has 0 spiro atoms. The summed E-state index contributed by atoms with van der Waals surface area (Å²) in [4.78, 5) is 12.3. The van der Waals surface area contributed by atoms with E-state index in [1.54, 1.807) is 19.1 Å². The predicted molar refractivity (Wildman–Crippen MR) is 67.1 cm³/mol. The molecule has 2 fully saturated rings. The van der Waals surface area contributed by atoms with E-state index in [-0.39, 0.29) is 11.2 Å². The second-order valence-electron chi connectivity index (χ2n) is 6.08. The van der Waals surface area contributed by atoms with E-state index in [1.807, 2.05) is 6.92 Å². The number of carbonyl (C=O) groups is 1. The summed E-state index contributed by atoms with van der Waals surface area (Å²) in [5, 5.41) is 10.7. The fraction of sp³-hybridized carbons (Fsp3) is 0.533. The minimum absolute atomic E-state index is 0.236. The number of aliphatic hydroxyl groups is 1. The van der Waals surface area contributed by atoms with Gasteiger partial charge in [0.05, 0.1) is 12.7 Å². The van der Waals surface area contributed by atoms with Crippen molar-refractivity contribution in [3.05, 3.63) is 35.1 Å². The van der Waals surface area contributed by atoms with Crippen molar-refractivity contribution in [2.75, 3.05) is 7.11 Å². The van der Waals surface area contributed by atoms with Crippen molar-refractivity contribution in [2.45, 2.75) is 37.7 Å². The normalized spacial score (nSPS) is 39.2. The van der Waals surface area contributed by atoms with E-state index >= 15 is 0 Å². The molecule has 3 rings (SSSR count). The van der Waals surface area contributed by atoms with Gasteiger partial charge in [-0.25, -0.2) is 4.39 Å². The number of carbonyl (C=O) groups excluding carboxylic acids is 1. The second-order valence-corrected chi connectivity index (χ2v) is 6.08. The van der Waals surface area contributed by atoms with Crippen LogP contribution >= 0.6 is 0 Å². The largest absolute Gasteiger partial charge is 0.468 e. The first-order chi connectivity index (χ1) is 8.82. The van der Waals surface area contributed by atoms with Gasteiger partial charge in [0.25, 0.3) is 0 Å². The molecule has 0 amide bonds. The molecule has 2 aliphatic carbocycles. The molecule has 1 aromatic carbocycles. The number of benzene rings is 1. The zero-order valence-electron chi connectivity index (χ0n) is 11.3. The van der Waals surface area contributed by atoms with Gasteiger partial charge in [-0.3, -0.25) is 4.79 Å². The highest BCUT2D eigenvalue weighted by molar-refractivity contribution is 5.90. The molecular weight excluding hydrogens is 247 g/mol. The Balaban J connectivity index is 2.18. The van der Waals surface area contributed by atoms with Crippen LogP contribution in [-0.4, -0.2) is 23.8 Å². The Morgan fingerprint density at radius 2 is 2.11 bits per heavy atom. The average molecular weight is 264 g/mol. The fourth-order valence-corrected chi connectivity index (χ4v) is 3.93. The van der Waals surface area contributed by atoms with Crippen molar-refractivity contribution < 1.29 is 19.0 Å². The quantitative estimate of drug-likeness (QED) is 0.832. The number of hydrogen-bond acceptors (Lipinski definition) is 3. The van der Waals surface area contributed by atoms with Gasteiger partial charge in [0.1, 0.15) is 11.2 Å². The van der Waals surface area contributed by atoms with E-state index in [4.69, 9.17) is 4.74 Å². The molecule has 2 unspecified atom stereocenters. The summed E-state index contributed by atoms with van der Waals surface area (Å²) < 4.78 is 18.7. The summed E-state index contributed by atoms with van der Waals surface area (Å²) in [6, 6.07) is 4.65. The van der Waals surface area contributed by atoms with Crippen LogP contribution in [0.2, 0.25) is 0 Å². The zero-order valence-corrected chi connectivity index (χ0v) is 11.3. The van der Waals surface area contributed by atoms with Crippen LogP contribution < -0.4 is 0 Å². The van der Waals surface area contributed by atoms with Crippen LogP contribution in [0.3, 0.4) is 0 Å². The number of esters is 1. The van der Waals surface area contributed by atoms with Gasteiger partial charge < -0.3 is 9.84 Å². The number of fused-ring (bicyclic) bond motifs is 1. The predicted octanol–water partition coefficient (Wildman–Crippen LogP) is 2.09. The molecule has 19 heavy (non-hydrogen) atoms. The summed E-state index contributed by atoms with van der Waals surface area (Å²) >= 11 is 0. The maximum absolute atomic E-state index is 13.8. The van der Waals surface area contributed by atoms with E-state index in [2.05, 4.69) is 0 Å². The van der Waals surface area contributed by atoms with Crippen LogP contribution in [-0.2, 0) is 14.9 Å². The Morgan fingerprint density at radius 1 is 1.42 bits per heavy atom. The highest BCUT2D eigenvalue weighted by Crippen LogP contribution is 2.79. The van der Waals surface area contributed by atoms with Gasteiger partial charge in [0, 0.05) is 5.41 Å². The van der Waals surface area contributed by atoms with E-state index in [0.717, 1.165) is 0 Å². The molecule has 0 bridgehead atoms. The molecule has 1 aromatic rings. The van der Waals surface area contributed by atoms with Crippen molar-refractivity contribution in [1.82, 2.24) is 0 Å². The van der Waals surface area contributed by atoms with Gasteiger partial charge in [-0.05, 0) is 37.0 Å². The Kier molecular flexibility index (Phi) is 2.23. The lowest BCUT2D eigenvalue weighted by Crippen LogP contribution is -2.61. The van der Waals surface area contributed by atoms with Crippen LogP contribution in [0, 0.1) is 18.2 Å². The first-order valence-electron chi connectivity index (χ1n) is 6.39. The molecule has 3 nitrogen and oxygen atoms in total. The number of rotatable bonds is 2. The van der Waals surface area contributed by atoms with Gasteiger partial charge >= 0.3 is 5.97 Å². The summed E-state index contributed by atoms with van der Waals surface area (Å²) in [5.41, 5.74) is -1.47. The van der Waals surface area contributed by atoms with Gasteiger partial charge in [-0.1, -0.05) is 19.1 Å². The minimum atomic E-state index is -1.11. The van der Waals surface area contributed by atoms with Crippen LogP contribution in [0.25, 0.3) is 0 Å².